The van der Waals surface area contributed by atoms with Crippen LogP contribution < -0.4 is 16.0 Å². The Morgan fingerprint density at radius 1 is 1.26 bits per heavy atom. The molecule has 0 saturated carbocycles. The number of aliphatic hydroxyl groups is 2. The number of amides is 1. The van der Waals surface area contributed by atoms with E-state index in [4.69, 9.17) is 0 Å². The number of anilines is 2. The summed E-state index contributed by atoms with van der Waals surface area (Å²) in [6, 6.07) is 9.86. The second-order valence-electron chi connectivity index (χ2n) is 9.49. The number of aliphatic hydroxyl groups excluding tert-OH is 2. The number of hydrogen-bond donors (Lipinski definition) is 5. The molecule has 1 aromatic carbocycles. The van der Waals surface area contributed by atoms with E-state index in [0.29, 0.717) is 31.4 Å². The maximum Gasteiger partial charge on any atom is 0.224 e. The molecule has 0 bridgehead atoms. The first-order valence-corrected chi connectivity index (χ1v) is 12.2. The van der Waals surface area contributed by atoms with Crippen LogP contribution in [0.15, 0.2) is 36.5 Å². The topological polar surface area (TPSA) is 123 Å². The second kappa shape index (κ2) is 9.93. The van der Waals surface area contributed by atoms with E-state index in [1.165, 1.54) is 0 Å². The van der Waals surface area contributed by atoms with Crippen molar-refractivity contribution in [1.29, 1.82) is 0 Å². The maximum absolute atomic E-state index is 12.1. The van der Waals surface area contributed by atoms with Crippen molar-refractivity contribution in [2.45, 2.75) is 52.2 Å². The van der Waals surface area contributed by atoms with Gasteiger partial charge in [0.2, 0.25) is 11.9 Å². The summed E-state index contributed by atoms with van der Waals surface area (Å²) in [5.41, 5.74) is 1.01. The fourth-order valence-corrected chi connectivity index (χ4v) is 5.03. The molecule has 182 valence electrons. The van der Waals surface area contributed by atoms with E-state index < -0.39 is 18.1 Å². The fraction of sp³-hybridized carbons (Fsp3) is 0.458. The molecule has 3 heterocycles. The summed E-state index contributed by atoms with van der Waals surface area (Å²) in [5, 5.41) is 30.1. The summed E-state index contributed by atoms with van der Waals surface area (Å²) in [6.45, 7) is 8.80. The molecule has 34 heavy (non-hydrogen) atoms. The van der Waals surface area contributed by atoms with Gasteiger partial charge in [-0.25, -0.2) is 9.97 Å². The van der Waals surface area contributed by atoms with E-state index in [-0.39, 0.29) is 5.91 Å². The first-order chi connectivity index (χ1) is 16.1. The molecule has 1 aliphatic heterocycles. The third-order valence-electron chi connectivity index (χ3n) is 5.95. The van der Waals surface area contributed by atoms with Gasteiger partial charge in [-0.3, -0.25) is 15.0 Å². The number of carbonyl (C=O) groups is 1. The Hall–Kier alpha value is -2.63. The molecule has 1 fully saturated rings. The van der Waals surface area contributed by atoms with Gasteiger partial charge in [-0.05, 0) is 55.5 Å². The Balaban J connectivity index is 1.43. The molecule has 1 saturated heterocycles. The van der Waals surface area contributed by atoms with Gasteiger partial charge in [0.1, 0.15) is 6.23 Å². The SMILES string of the molecule is CC(C)CC(=O)Nc1ccc2sc(-c3ccnc(NCCN4C(O)NC(O)C4(C)C)n3)cc2c1. The highest BCUT2D eigenvalue weighted by Gasteiger charge is 2.45. The summed E-state index contributed by atoms with van der Waals surface area (Å²) in [6.07, 6.45) is 0.498. The van der Waals surface area contributed by atoms with Crippen LogP contribution in [0.25, 0.3) is 20.7 Å². The minimum Gasteiger partial charge on any atom is -0.377 e. The third kappa shape index (κ3) is 5.37. The van der Waals surface area contributed by atoms with Crippen LogP contribution in [0.2, 0.25) is 0 Å². The summed E-state index contributed by atoms with van der Waals surface area (Å²) in [4.78, 5) is 23.9. The Bertz CT molecular complexity index is 1160. The molecular formula is C24H32N6O3S. The van der Waals surface area contributed by atoms with Crippen LogP contribution in [-0.4, -0.2) is 62.2 Å². The van der Waals surface area contributed by atoms with Crippen molar-refractivity contribution < 1.29 is 15.0 Å². The number of fused-ring (bicyclic) bond motifs is 1. The molecule has 5 N–H and O–H groups in total. The first kappa shape index (κ1) is 24.5. The van der Waals surface area contributed by atoms with Crippen LogP contribution in [-0.2, 0) is 4.79 Å². The zero-order valence-electron chi connectivity index (χ0n) is 19.9. The third-order valence-corrected chi connectivity index (χ3v) is 7.09. The number of thiophene rings is 1. The summed E-state index contributed by atoms with van der Waals surface area (Å²) in [5.74, 6) is 0.829. The molecule has 1 aliphatic rings. The van der Waals surface area contributed by atoms with Gasteiger partial charge in [0.15, 0.2) is 6.35 Å². The van der Waals surface area contributed by atoms with Crippen molar-refractivity contribution in [3.8, 4) is 10.6 Å². The van der Waals surface area contributed by atoms with Crippen LogP contribution >= 0.6 is 11.3 Å². The van der Waals surface area contributed by atoms with Crippen LogP contribution in [0, 0.1) is 5.92 Å². The van der Waals surface area contributed by atoms with Crippen molar-refractivity contribution in [2.24, 2.45) is 5.92 Å². The number of nitrogens with zero attached hydrogens (tertiary/aromatic N) is 3. The molecule has 0 radical (unpaired) electrons. The highest BCUT2D eigenvalue weighted by atomic mass is 32.1. The molecule has 2 unspecified atom stereocenters. The van der Waals surface area contributed by atoms with Crippen molar-refractivity contribution in [2.75, 3.05) is 23.7 Å². The molecule has 9 nitrogen and oxygen atoms in total. The van der Waals surface area contributed by atoms with Crippen LogP contribution in [0.4, 0.5) is 11.6 Å². The number of rotatable bonds is 8. The average Bonchev–Trinajstić information content (AvgIpc) is 3.27. The fourth-order valence-electron chi connectivity index (χ4n) is 4.02. The van der Waals surface area contributed by atoms with Gasteiger partial charge in [0, 0.05) is 36.1 Å². The van der Waals surface area contributed by atoms with Gasteiger partial charge in [-0.1, -0.05) is 13.8 Å². The summed E-state index contributed by atoms with van der Waals surface area (Å²) < 4.78 is 1.11. The van der Waals surface area contributed by atoms with E-state index >= 15 is 0 Å². The monoisotopic (exact) mass is 484 g/mol. The summed E-state index contributed by atoms with van der Waals surface area (Å²) >= 11 is 1.63. The predicted octanol–water partition coefficient (Wildman–Crippen LogP) is 3.03. The van der Waals surface area contributed by atoms with Crippen molar-refractivity contribution in [3.05, 3.63) is 36.5 Å². The number of benzene rings is 1. The lowest BCUT2D eigenvalue weighted by Gasteiger charge is -2.33. The number of aromatic nitrogens is 2. The largest absolute Gasteiger partial charge is 0.377 e. The molecular weight excluding hydrogens is 452 g/mol. The lowest BCUT2D eigenvalue weighted by atomic mass is 10.0. The van der Waals surface area contributed by atoms with Gasteiger partial charge >= 0.3 is 0 Å². The number of nitrogens with one attached hydrogen (secondary N) is 3. The van der Waals surface area contributed by atoms with Crippen LogP contribution in [0.1, 0.15) is 34.1 Å². The minimum atomic E-state index is -0.905. The lowest BCUT2D eigenvalue weighted by Crippen LogP contribution is -2.49. The average molecular weight is 485 g/mol. The Labute approximate surface area is 203 Å². The standard InChI is InChI=1S/C24H32N6O3S/c1-14(2)11-20(31)27-16-5-6-18-15(12-16)13-19(34-18)17-7-8-25-22(28-17)26-9-10-30-23(33)29-21(32)24(30,3)4/h5-8,12-14,21,23,29,32-33H,9-11H2,1-4H3,(H,27,31)(H,25,26,28). The van der Waals surface area contributed by atoms with Gasteiger partial charge in [-0.15, -0.1) is 11.3 Å². The zero-order chi connectivity index (χ0) is 24.5. The quantitative estimate of drug-likeness (QED) is 0.331. The van der Waals surface area contributed by atoms with Crippen LogP contribution in [0.3, 0.4) is 0 Å². The first-order valence-electron chi connectivity index (χ1n) is 11.4. The summed E-state index contributed by atoms with van der Waals surface area (Å²) in [7, 11) is 0. The second-order valence-corrected chi connectivity index (χ2v) is 10.6. The van der Waals surface area contributed by atoms with Gasteiger partial charge in [-0.2, -0.15) is 0 Å². The predicted molar refractivity (Wildman–Crippen MR) is 135 cm³/mol. The molecule has 2 atom stereocenters. The lowest BCUT2D eigenvalue weighted by molar-refractivity contribution is -0.116. The van der Waals surface area contributed by atoms with E-state index in [1.807, 2.05) is 52.0 Å². The van der Waals surface area contributed by atoms with E-state index in [9.17, 15) is 15.0 Å². The van der Waals surface area contributed by atoms with Gasteiger partial charge in [0.05, 0.1) is 16.1 Å². The van der Waals surface area contributed by atoms with Gasteiger partial charge in [0.25, 0.3) is 0 Å². The van der Waals surface area contributed by atoms with E-state index in [2.05, 4.69) is 32.0 Å². The molecule has 1 amide bonds. The molecule has 3 aromatic rings. The minimum absolute atomic E-state index is 0.0199. The molecule has 0 spiro atoms. The molecule has 4 rings (SSSR count). The van der Waals surface area contributed by atoms with Crippen molar-refractivity contribution in [3.63, 3.8) is 0 Å². The highest BCUT2D eigenvalue weighted by Crippen LogP contribution is 2.34. The zero-order valence-corrected chi connectivity index (χ0v) is 20.7. The maximum atomic E-state index is 12.1. The van der Waals surface area contributed by atoms with Gasteiger partial charge < -0.3 is 20.8 Å². The smallest absolute Gasteiger partial charge is 0.224 e. The van der Waals surface area contributed by atoms with Crippen LogP contribution in [0.5, 0.6) is 0 Å². The Morgan fingerprint density at radius 2 is 2.06 bits per heavy atom. The molecule has 0 aliphatic carbocycles. The highest BCUT2D eigenvalue weighted by molar-refractivity contribution is 7.22. The Kier molecular flexibility index (Phi) is 7.15. The molecule has 2 aromatic heterocycles. The Morgan fingerprint density at radius 3 is 2.76 bits per heavy atom. The van der Waals surface area contributed by atoms with E-state index in [0.717, 1.165) is 26.3 Å². The van der Waals surface area contributed by atoms with Crippen molar-refractivity contribution in [1.82, 2.24) is 20.2 Å². The molecule has 10 heteroatoms. The number of hydrogen-bond acceptors (Lipinski definition) is 9. The van der Waals surface area contributed by atoms with Crippen molar-refractivity contribution >= 4 is 39.0 Å². The van der Waals surface area contributed by atoms with E-state index in [1.54, 1.807) is 22.4 Å². The number of carbonyl (C=O) groups excluding carboxylic acids is 1. The normalized spacial score (nSPS) is 20.2.